The molecule has 2 rings (SSSR count). The van der Waals surface area contributed by atoms with E-state index >= 15 is 0 Å². The topological polar surface area (TPSA) is 58.4 Å². The third-order valence-corrected chi connectivity index (χ3v) is 2.66. The van der Waals surface area contributed by atoms with Gasteiger partial charge in [-0.2, -0.15) is 0 Å². The van der Waals surface area contributed by atoms with Crippen molar-refractivity contribution >= 4 is 5.91 Å². The molecule has 1 saturated heterocycles. The lowest BCUT2D eigenvalue weighted by Crippen LogP contribution is -2.38. The highest BCUT2D eigenvalue weighted by molar-refractivity contribution is 5.78. The third-order valence-electron chi connectivity index (χ3n) is 2.66. The Kier molecular flexibility index (Phi) is 3.17. The van der Waals surface area contributed by atoms with Crippen LogP contribution in [0.15, 0.2) is 24.3 Å². The van der Waals surface area contributed by atoms with E-state index in [4.69, 9.17) is 5.73 Å². The highest BCUT2D eigenvalue weighted by Gasteiger charge is 2.32. The maximum Gasteiger partial charge on any atom is 0.236 e. The fraction of sp³-hybridized carbons (Fsp3) is 0.364. The van der Waals surface area contributed by atoms with Crippen molar-refractivity contribution in [3.05, 3.63) is 35.6 Å². The van der Waals surface area contributed by atoms with Crippen LogP contribution in [0.4, 0.5) is 4.39 Å². The van der Waals surface area contributed by atoms with Crippen molar-refractivity contribution in [3.8, 4) is 0 Å². The molecule has 4 nitrogen and oxygen atoms in total. The Morgan fingerprint density at radius 2 is 2.25 bits per heavy atom. The number of carbonyl (C=O) groups is 1. The summed E-state index contributed by atoms with van der Waals surface area (Å²) in [7, 11) is 0. The molecule has 86 valence electrons. The van der Waals surface area contributed by atoms with Crippen LogP contribution in [0.2, 0.25) is 0 Å². The zero-order chi connectivity index (χ0) is 11.5. The molecule has 5 heteroatoms. The van der Waals surface area contributed by atoms with Crippen LogP contribution in [0.25, 0.3) is 0 Å². The average Bonchev–Trinajstić information content (AvgIpc) is 2.61. The van der Waals surface area contributed by atoms with Crippen LogP contribution in [-0.2, 0) is 4.79 Å². The average molecular weight is 223 g/mol. The van der Waals surface area contributed by atoms with Gasteiger partial charge in [-0.1, -0.05) is 18.2 Å². The fourth-order valence-corrected chi connectivity index (χ4v) is 1.94. The maximum atomic E-state index is 13.6. The van der Waals surface area contributed by atoms with Crippen LogP contribution in [0, 0.1) is 5.82 Å². The first-order chi connectivity index (χ1) is 7.72. The molecule has 0 spiro atoms. The largest absolute Gasteiger partial charge is 0.329 e. The molecular weight excluding hydrogens is 209 g/mol. The second kappa shape index (κ2) is 4.59. The second-order valence-corrected chi connectivity index (χ2v) is 3.76. The van der Waals surface area contributed by atoms with Crippen molar-refractivity contribution < 1.29 is 9.18 Å². The number of hydrogen-bond acceptors (Lipinski definition) is 3. The second-order valence-electron chi connectivity index (χ2n) is 3.76. The lowest BCUT2D eigenvalue weighted by Gasteiger charge is -2.22. The summed E-state index contributed by atoms with van der Waals surface area (Å²) < 4.78 is 13.6. The molecule has 1 amide bonds. The molecule has 1 aromatic rings. The van der Waals surface area contributed by atoms with Gasteiger partial charge in [0.05, 0.1) is 6.04 Å². The number of amides is 1. The van der Waals surface area contributed by atoms with E-state index in [1.54, 1.807) is 23.2 Å². The van der Waals surface area contributed by atoms with Crippen molar-refractivity contribution in [2.45, 2.75) is 12.5 Å². The van der Waals surface area contributed by atoms with Gasteiger partial charge in [-0.15, -0.1) is 0 Å². The van der Waals surface area contributed by atoms with Crippen LogP contribution >= 0.6 is 0 Å². The zero-order valence-corrected chi connectivity index (χ0v) is 8.82. The van der Waals surface area contributed by atoms with Gasteiger partial charge in [0.1, 0.15) is 5.82 Å². The predicted octanol–water partition coefficient (Wildman–Crippen LogP) is 0.562. The van der Waals surface area contributed by atoms with Gasteiger partial charge in [-0.3, -0.25) is 10.2 Å². The molecule has 1 aliphatic rings. The van der Waals surface area contributed by atoms with Crippen molar-refractivity contribution in [1.29, 1.82) is 0 Å². The highest BCUT2D eigenvalue weighted by atomic mass is 19.1. The van der Waals surface area contributed by atoms with Crippen molar-refractivity contribution in [2.75, 3.05) is 13.1 Å². The van der Waals surface area contributed by atoms with E-state index < -0.39 is 0 Å². The first kappa shape index (κ1) is 11.0. The molecule has 3 N–H and O–H groups in total. The summed E-state index contributed by atoms with van der Waals surface area (Å²) in [5, 5.41) is 1.70. The van der Waals surface area contributed by atoms with E-state index in [-0.39, 0.29) is 24.2 Å². The summed E-state index contributed by atoms with van der Waals surface area (Å²) >= 11 is 0. The standard InChI is InChI=1S/C11H14FN3O/c12-9-4-2-1-3-8(9)10-7-11(16)14-15(10)6-5-13/h1-4,10H,5-7,13H2,(H,14,16). The number of nitrogens with zero attached hydrogens (tertiary/aromatic N) is 1. The quantitative estimate of drug-likeness (QED) is 0.787. The monoisotopic (exact) mass is 223 g/mol. The minimum absolute atomic E-state index is 0.0956. The van der Waals surface area contributed by atoms with Gasteiger partial charge in [0, 0.05) is 25.1 Å². The number of nitrogens with one attached hydrogen (secondary N) is 1. The Labute approximate surface area is 93.2 Å². The summed E-state index contributed by atoms with van der Waals surface area (Å²) in [5.41, 5.74) is 8.66. The number of hydrazine groups is 1. The lowest BCUT2D eigenvalue weighted by molar-refractivity contribution is -0.120. The molecule has 0 radical (unpaired) electrons. The van der Waals surface area contributed by atoms with Crippen LogP contribution < -0.4 is 11.2 Å². The smallest absolute Gasteiger partial charge is 0.236 e. The third kappa shape index (κ3) is 2.05. The first-order valence-corrected chi connectivity index (χ1v) is 5.23. The van der Waals surface area contributed by atoms with Gasteiger partial charge in [-0.25, -0.2) is 9.40 Å². The molecule has 16 heavy (non-hydrogen) atoms. The molecule has 1 fully saturated rings. The Bertz CT molecular complexity index is 397. The first-order valence-electron chi connectivity index (χ1n) is 5.23. The van der Waals surface area contributed by atoms with Gasteiger partial charge in [0.2, 0.25) is 5.91 Å². The minimum Gasteiger partial charge on any atom is -0.329 e. The predicted molar refractivity (Wildman–Crippen MR) is 57.7 cm³/mol. The Morgan fingerprint density at radius 1 is 1.50 bits per heavy atom. The van der Waals surface area contributed by atoms with Crippen molar-refractivity contribution in [2.24, 2.45) is 5.73 Å². The molecule has 1 aliphatic heterocycles. The fourth-order valence-electron chi connectivity index (χ4n) is 1.94. The molecule has 1 unspecified atom stereocenters. The molecule has 1 aromatic carbocycles. The maximum absolute atomic E-state index is 13.6. The van der Waals surface area contributed by atoms with Crippen LogP contribution in [0.5, 0.6) is 0 Å². The molecule has 0 saturated carbocycles. The normalized spacial score (nSPS) is 21.1. The van der Waals surface area contributed by atoms with E-state index in [1.165, 1.54) is 6.07 Å². The summed E-state index contributed by atoms with van der Waals surface area (Å²) in [6, 6.07) is 6.25. The number of halogens is 1. The van der Waals surface area contributed by atoms with E-state index in [2.05, 4.69) is 5.43 Å². The van der Waals surface area contributed by atoms with Crippen molar-refractivity contribution in [1.82, 2.24) is 10.4 Å². The molecule has 0 bridgehead atoms. The number of carbonyl (C=O) groups excluding carboxylic acids is 1. The van der Waals surface area contributed by atoms with Crippen molar-refractivity contribution in [3.63, 3.8) is 0 Å². The zero-order valence-electron chi connectivity index (χ0n) is 8.82. The molecule has 0 aromatic heterocycles. The van der Waals surface area contributed by atoms with E-state index in [1.807, 2.05) is 0 Å². The van der Waals surface area contributed by atoms with E-state index in [0.717, 1.165) is 0 Å². The summed E-state index contributed by atoms with van der Waals surface area (Å²) in [4.78, 5) is 11.3. The highest BCUT2D eigenvalue weighted by Crippen LogP contribution is 2.28. The summed E-state index contributed by atoms with van der Waals surface area (Å²) in [6.45, 7) is 0.940. The van der Waals surface area contributed by atoms with Gasteiger partial charge in [0.25, 0.3) is 0 Å². The summed E-state index contributed by atoms with van der Waals surface area (Å²) in [5.74, 6) is -0.382. The van der Waals surface area contributed by atoms with Gasteiger partial charge in [0.15, 0.2) is 0 Å². The Morgan fingerprint density at radius 3 is 2.94 bits per heavy atom. The van der Waals surface area contributed by atoms with Crippen LogP contribution in [0.1, 0.15) is 18.0 Å². The Hall–Kier alpha value is -1.46. The lowest BCUT2D eigenvalue weighted by atomic mass is 10.0. The van der Waals surface area contributed by atoms with Crippen LogP contribution in [0.3, 0.4) is 0 Å². The van der Waals surface area contributed by atoms with Gasteiger partial charge >= 0.3 is 0 Å². The van der Waals surface area contributed by atoms with E-state index in [0.29, 0.717) is 18.7 Å². The van der Waals surface area contributed by atoms with E-state index in [9.17, 15) is 9.18 Å². The molecule has 1 atom stereocenters. The molecule has 1 heterocycles. The Balaban J connectivity index is 2.25. The summed E-state index contributed by atoms with van der Waals surface area (Å²) in [6.07, 6.45) is 0.279. The minimum atomic E-state index is -0.286. The van der Waals surface area contributed by atoms with Crippen LogP contribution in [-0.4, -0.2) is 24.0 Å². The number of benzene rings is 1. The number of rotatable bonds is 3. The molecule has 0 aliphatic carbocycles. The number of hydrogen-bond donors (Lipinski definition) is 2. The SMILES string of the molecule is NCCN1NC(=O)CC1c1ccccc1F. The number of nitrogens with two attached hydrogens (primary N) is 1. The van der Waals surface area contributed by atoms with Gasteiger partial charge < -0.3 is 5.73 Å². The molecular formula is C11H14FN3O. The van der Waals surface area contributed by atoms with Gasteiger partial charge in [-0.05, 0) is 6.07 Å².